The Balaban J connectivity index is 3.78. The van der Waals surface area contributed by atoms with Gasteiger partial charge in [0.05, 0.1) is 0 Å². The summed E-state index contributed by atoms with van der Waals surface area (Å²) in [5.41, 5.74) is 0. The zero-order chi connectivity index (χ0) is 9.72. The van der Waals surface area contributed by atoms with Crippen LogP contribution in [-0.2, 0) is 0 Å². The van der Waals surface area contributed by atoms with Crippen LogP contribution in [0.3, 0.4) is 0 Å². The number of hydrogen-bond donors (Lipinski definition) is 0. The minimum Gasteiger partial charge on any atom is -0.233 e. The maximum Gasteiger partial charge on any atom is 0.0369 e. The van der Waals surface area contributed by atoms with Gasteiger partial charge in [-0.25, -0.2) is 5.01 Å². The molecule has 0 heterocycles. The molecule has 0 radical (unpaired) electrons. The quantitative estimate of drug-likeness (QED) is 0.435. The molecule has 0 N–H and O–H groups in total. The topological polar surface area (TPSA) is 6.48 Å². The van der Waals surface area contributed by atoms with E-state index in [0.717, 1.165) is 12.5 Å². The predicted molar refractivity (Wildman–Crippen MR) is 63.1 cm³/mol. The summed E-state index contributed by atoms with van der Waals surface area (Å²) in [6.07, 6.45) is 1.26. The summed E-state index contributed by atoms with van der Waals surface area (Å²) >= 11 is 2.38. The van der Waals surface area contributed by atoms with Crippen LogP contribution in [0.5, 0.6) is 0 Å². The average molecular weight is 284 g/mol. The first-order valence-electron chi connectivity index (χ1n) is 4.65. The van der Waals surface area contributed by atoms with Gasteiger partial charge in [-0.1, -0.05) is 20.3 Å². The zero-order valence-corrected chi connectivity index (χ0v) is 11.0. The summed E-state index contributed by atoms with van der Waals surface area (Å²) in [7, 11) is 2.14. The number of hydrogen-bond acceptors (Lipinski definition) is 2. The van der Waals surface area contributed by atoms with Crippen molar-refractivity contribution in [3.05, 3.63) is 0 Å². The van der Waals surface area contributed by atoms with Gasteiger partial charge in [0.15, 0.2) is 0 Å². The number of halogens is 1. The molecule has 0 fully saturated rings. The normalized spacial score (nSPS) is 14.8. The van der Waals surface area contributed by atoms with Gasteiger partial charge in [-0.05, 0) is 19.8 Å². The Morgan fingerprint density at radius 3 is 2.08 bits per heavy atom. The zero-order valence-electron chi connectivity index (χ0n) is 8.84. The Morgan fingerprint density at radius 1 is 1.25 bits per heavy atom. The molecular weight excluding hydrogens is 263 g/mol. The monoisotopic (exact) mass is 284 g/mol. The summed E-state index contributed by atoms with van der Waals surface area (Å²) in [5, 5.41) is 2.27. The molecular formula is C9H21IN2. The predicted octanol–water partition coefficient (Wildman–Crippen LogP) is 2.94. The van der Waals surface area contributed by atoms with Crippen LogP contribution >= 0.6 is 22.9 Å². The Bertz CT molecular complexity index is 117. The van der Waals surface area contributed by atoms with Crippen molar-refractivity contribution in [3.8, 4) is 0 Å². The molecule has 12 heavy (non-hydrogen) atoms. The molecule has 1 unspecified atom stereocenters. The smallest absolute Gasteiger partial charge is 0.0369 e. The molecule has 0 aliphatic heterocycles. The lowest BCUT2D eigenvalue weighted by molar-refractivity contribution is 0.0776. The van der Waals surface area contributed by atoms with Crippen LogP contribution in [0, 0.1) is 5.92 Å². The number of rotatable bonds is 5. The second kappa shape index (κ2) is 6.16. The van der Waals surface area contributed by atoms with Crippen LogP contribution in [-0.4, -0.2) is 27.9 Å². The lowest BCUT2D eigenvalue weighted by atomic mass is 10.1. The van der Waals surface area contributed by atoms with Gasteiger partial charge in [0.2, 0.25) is 0 Å². The highest BCUT2D eigenvalue weighted by Crippen LogP contribution is 2.12. The van der Waals surface area contributed by atoms with Crippen LogP contribution in [0.25, 0.3) is 0 Å². The van der Waals surface area contributed by atoms with Crippen molar-refractivity contribution in [1.82, 2.24) is 8.23 Å². The summed E-state index contributed by atoms with van der Waals surface area (Å²) in [5.74, 6) is 0.781. The third-order valence-electron chi connectivity index (χ3n) is 2.25. The summed E-state index contributed by atoms with van der Waals surface area (Å²) in [6.45, 7) is 10.1. The first-order chi connectivity index (χ1) is 5.49. The second-order valence-corrected chi connectivity index (χ2v) is 4.81. The summed E-state index contributed by atoms with van der Waals surface area (Å²) < 4.78 is 2.27. The fraction of sp³-hybridized carbons (Fsp3) is 1.00. The van der Waals surface area contributed by atoms with Crippen LogP contribution in [0.2, 0.25) is 0 Å². The van der Waals surface area contributed by atoms with Crippen molar-refractivity contribution >= 4 is 22.9 Å². The number of nitrogens with zero attached hydrogens (tertiary/aromatic N) is 2. The lowest BCUT2D eigenvalue weighted by Crippen LogP contribution is -2.39. The molecule has 0 amide bonds. The minimum atomic E-state index is 0.589. The fourth-order valence-corrected chi connectivity index (χ4v) is 1.94. The standard InChI is InChI=1S/C9H21IN2/c1-6-9(4)7-12(10)11(5)8(2)3/h8-9H,6-7H2,1-5H3. The Kier molecular flexibility index (Phi) is 6.49. The van der Waals surface area contributed by atoms with E-state index in [1.165, 1.54) is 6.42 Å². The lowest BCUT2D eigenvalue weighted by Gasteiger charge is -2.31. The molecule has 0 bridgehead atoms. The van der Waals surface area contributed by atoms with Gasteiger partial charge in [-0.15, -0.1) is 0 Å². The third kappa shape index (κ3) is 4.62. The summed E-state index contributed by atoms with van der Waals surface area (Å²) in [6, 6.07) is 0.589. The summed E-state index contributed by atoms with van der Waals surface area (Å²) in [4.78, 5) is 0. The molecule has 0 aromatic rings. The molecule has 1 atom stereocenters. The SMILES string of the molecule is CCC(C)CN(I)N(C)C(C)C. The molecule has 0 spiro atoms. The van der Waals surface area contributed by atoms with Crippen molar-refractivity contribution in [2.45, 2.75) is 40.2 Å². The first-order valence-corrected chi connectivity index (χ1v) is 5.61. The van der Waals surface area contributed by atoms with Gasteiger partial charge in [-0.2, -0.15) is 3.22 Å². The van der Waals surface area contributed by atoms with Crippen LogP contribution in [0.15, 0.2) is 0 Å². The maximum atomic E-state index is 2.38. The Hall–Kier alpha value is 0.650. The van der Waals surface area contributed by atoms with E-state index in [2.05, 4.69) is 65.8 Å². The van der Waals surface area contributed by atoms with E-state index in [1.54, 1.807) is 0 Å². The van der Waals surface area contributed by atoms with Crippen molar-refractivity contribution in [1.29, 1.82) is 0 Å². The molecule has 2 nitrogen and oxygen atoms in total. The van der Waals surface area contributed by atoms with Crippen LogP contribution < -0.4 is 0 Å². The van der Waals surface area contributed by atoms with Gasteiger partial charge in [0.1, 0.15) is 0 Å². The van der Waals surface area contributed by atoms with E-state index >= 15 is 0 Å². The number of hydrazine groups is 1. The van der Waals surface area contributed by atoms with E-state index in [9.17, 15) is 0 Å². The average Bonchev–Trinajstić information content (AvgIpc) is 2.02. The van der Waals surface area contributed by atoms with E-state index in [-0.39, 0.29) is 0 Å². The van der Waals surface area contributed by atoms with Gasteiger partial charge < -0.3 is 0 Å². The van der Waals surface area contributed by atoms with E-state index in [1.807, 2.05) is 0 Å². The van der Waals surface area contributed by atoms with Crippen LogP contribution in [0.1, 0.15) is 34.1 Å². The molecule has 0 aliphatic carbocycles. The molecule has 0 aromatic heterocycles. The maximum absolute atomic E-state index is 2.38. The van der Waals surface area contributed by atoms with Crippen molar-refractivity contribution in [2.75, 3.05) is 13.6 Å². The first kappa shape index (κ1) is 12.7. The van der Waals surface area contributed by atoms with Gasteiger partial charge in [-0.3, -0.25) is 0 Å². The highest BCUT2D eigenvalue weighted by molar-refractivity contribution is 14.1. The van der Waals surface area contributed by atoms with Gasteiger partial charge in [0.25, 0.3) is 0 Å². The highest BCUT2D eigenvalue weighted by Gasteiger charge is 2.12. The molecule has 3 heteroatoms. The van der Waals surface area contributed by atoms with E-state index in [0.29, 0.717) is 6.04 Å². The molecule has 0 saturated heterocycles. The highest BCUT2D eigenvalue weighted by atomic mass is 127. The van der Waals surface area contributed by atoms with Gasteiger partial charge >= 0.3 is 0 Å². The fourth-order valence-electron chi connectivity index (χ4n) is 0.766. The Morgan fingerprint density at radius 2 is 1.75 bits per heavy atom. The minimum absolute atomic E-state index is 0.589. The third-order valence-corrected chi connectivity index (χ3v) is 3.32. The Labute approximate surface area is 90.8 Å². The van der Waals surface area contributed by atoms with E-state index < -0.39 is 0 Å². The molecule has 74 valence electrons. The molecule has 0 saturated carbocycles. The molecule has 0 rings (SSSR count). The molecule has 0 aliphatic rings. The van der Waals surface area contributed by atoms with Crippen LogP contribution in [0.4, 0.5) is 0 Å². The van der Waals surface area contributed by atoms with Crippen molar-refractivity contribution in [2.24, 2.45) is 5.92 Å². The molecule has 0 aromatic carbocycles. The van der Waals surface area contributed by atoms with E-state index in [4.69, 9.17) is 0 Å². The largest absolute Gasteiger partial charge is 0.233 e. The van der Waals surface area contributed by atoms with Crippen molar-refractivity contribution in [3.63, 3.8) is 0 Å². The van der Waals surface area contributed by atoms with Crippen molar-refractivity contribution < 1.29 is 0 Å². The second-order valence-electron chi connectivity index (χ2n) is 3.70. The van der Waals surface area contributed by atoms with Gasteiger partial charge in [0, 0.05) is 42.5 Å².